The number of ether oxygens (including phenoxy) is 2. The molecule has 0 atom stereocenters. The molecule has 1 aliphatic rings. The van der Waals surface area contributed by atoms with Crippen LogP contribution in [0, 0.1) is 11.3 Å². The maximum Gasteiger partial charge on any atom is 0.234 e. The molecule has 1 amide bonds. The molecule has 1 heterocycles. The lowest BCUT2D eigenvalue weighted by atomic mass is 10.2. The van der Waals surface area contributed by atoms with Crippen LogP contribution in [0.25, 0.3) is 0 Å². The normalized spacial score (nSPS) is 15.5. The zero-order valence-corrected chi connectivity index (χ0v) is 14.7. The molecule has 0 aliphatic carbocycles. The fourth-order valence-corrected chi connectivity index (χ4v) is 2.67. The number of hydrogen-bond donors (Lipinski definition) is 1. The number of nitrogens with one attached hydrogen (secondary N) is 1. The van der Waals surface area contributed by atoms with Gasteiger partial charge < -0.3 is 14.8 Å². The fourth-order valence-electron chi connectivity index (χ4n) is 2.67. The number of rotatable bonds is 9. The molecule has 1 aromatic carbocycles. The number of nitrogens with zero attached hydrogens (tertiary/aromatic N) is 3. The van der Waals surface area contributed by atoms with Gasteiger partial charge in [-0.25, -0.2) is 0 Å². The summed E-state index contributed by atoms with van der Waals surface area (Å²) in [5.74, 6) is 0.775. The summed E-state index contributed by atoms with van der Waals surface area (Å²) in [5, 5.41) is 11.7. The second-order valence-electron chi connectivity index (χ2n) is 5.95. The Morgan fingerprint density at radius 3 is 2.72 bits per heavy atom. The maximum absolute atomic E-state index is 11.8. The van der Waals surface area contributed by atoms with Crippen molar-refractivity contribution < 1.29 is 14.3 Å². The Bertz CT molecular complexity index is 580. The van der Waals surface area contributed by atoms with E-state index in [0.717, 1.165) is 38.5 Å². The van der Waals surface area contributed by atoms with Gasteiger partial charge in [-0.1, -0.05) is 6.07 Å². The van der Waals surface area contributed by atoms with Crippen LogP contribution < -0.4 is 10.1 Å². The van der Waals surface area contributed by atoms with Crippen LogP contribution in [0.2, 0.25) is 0 Å². The minimum absolute atomic E-state index is 0.0474. The van der Waals surface area contributed by atoms with E-state index < -0.39 is 0 Å². The van der Waals surface area contributed by atoms with Crippen molar-refractivity contribution in [3.8, 4) is 11.8 Å². The lowest BCUT2D eigenvalue weighted by molar-refractivity contribution is -0.122. The number of methoxy groups -OCH3 is 1. The standard InChI is InChI=1S/C18H26N4O3/c1-24-11-5-20-18(23)15-22-8-6-21(7-9-22)10-12-25-17-4-2-3-16(13-17)14-19/h2-4,13H,5-12,15H2,1H3,(H,20,23). The highest BCUT2D eigenvalue weighted by Gasteiger charge is 2.18. The largest absolute Gasteiger partial charge is 0.492 e. The van der Waals surface area contributed by atoms with E-state index in [9.17, 15) is 4.79 Å². The summed E-state index contributed by atoms with van der Waals surface area (Å²) in [6, 6.07) is 9.31. The van der Waals surface area contributed by atoms with E-state index in [2.05, 4.69) is 21.2 Å². The second kappa shape index (κ2) is 10.7. The summed E-state index contributed by atoms with van der Waals surface area (Å²) in [6.45, 7) is 6.56. The van der Waals surface area contributed by atoms with Crippen molar-refractivity contribution in [3.05, 3.63) is 29.8 Å². The average Bonchev–Trinajstić information content (AvgIpc) is 2.63. The van der Waals surface area contributed by atoms with Gasteiger partial charge in [-0.15, -0.1) is 0 Å². The summed E-state index contributed by atoms with van der Waals surface area (Å²) in [6.07, 6.45) is 0. The Balaban J connectivity index is 1.60. The third-order valence-corrected chi connectivity index (χ3v) is 4.10. The van der Waals surface area contributed by atoms with Gasteiger partial charge in [-0.05, 0) is 18.2 Å². The third kappa shape index (κ3) is 7.10. The van der Waals surface area contributed by atoms with Crippen molar-refractivity contribution in [1.29, 1.82) is 5.26 Å². The van der Waals surface area contributed by atoms with Gasteiger partial charge >= 0.3 is 0 Å². The fraction of sp³-hybridized carbons (Fsp3) is 0.556. The SMILES string of the molecule is COCCNC(=O)CN1CCN(CCOc2cccc(C#N)c2)CC1. The van der Waals surface area contributed by atoms with Gasteiger partial charge in [0.15, 0.2) is 0 Å². The molecule has 0 bridgehead atoms. The van der Waals surface area contributed by atoms with Crippen LogP contribution in [0.3, 0.4) is 0 Å². The van der Waals surface area contributed by atoms with Gasteiger partial charge in [0, 0.05) is 46.4 Å². The number of benzene rings is 1. The van der Waals surface area contributed by atoms with E-state index in [0.29, 0.717) is 31.9 Å². The Kier molecular flexibility index (Phi) is 8.19. The van der Waals surface area contributed by atoms with Crippen LogP contribution in [0.5, 0.6) is 5.75 Å². The minimum Gasteiger partial charge on any atom is -0.492 e. The van der Waals surface area contributed by atoms with Gasteiger partial charge in [-0.2, -0.15) is 5.26 Å². The van der Waals surface area contributed by atoms with E-state index in [1.54, 1.807) is 19.2 Å². The molecule has 0 saturated carbocycles. The highest BCUT2D eigenvalue weighted by Crippen LogP contribution is 2.12. The van der Waals surface area contributed by atoms with Gasteiger partial charge in [0.2, 0.25) is 5.91 Å². The number of hydrogen-bond acceptors (Lipinski definition) is 6. The van der Waals surface area contributed by atoms with Gasteiger partial charge in [0.1, 0.15) is 12.4 Å². The van der Waals surface area contributed by atoms with E-state index in [1.165, 1.54) is 0 Å². The summed E-state index contributed by atoms with van der Waals surface area (Å²) < 4.78 is 10.6. The molecular weight excluding hydrogens is 320 g/mol. The zero-order valence-electron chi connectivity index (χ0n) is 14.7. The predicted octanol–water partition coefficient (Wildman–Crippen LogP) is 0.317. The third-order valence-electron chi connectivity index (χ3n) is 4.10. The van der Waals surface area contributed by atoms with Crippen molar-refractivity contribution in [3.63, 3.8) is 0 Å². The van der Waals surface area contributed by atoms with Crippen LogP contribution >= 0.6 is 0 Å². The highest BCUT2D eigenvalue weighted by atomic mass is 16.5. The first-order valence-electron chi connectivity index (χ1n) is 8.54. The van der Waals surface area contributed by atoms with Crippen molar-refractivity contribution in [2.24, 2.45) is 0 Å². The number of carbonyl (C=O) groups is 1. The van der Waals surface area contributed by atoms with Crippen LogP contribution in [0.4, 0.5) is 0 Å². The first-order valence-corrected chi connectivity index (χ1v) is 8.54. The average molecular weight is 346 g/mol. The van der Waals surface area contributed by atoms with Crippen LogP contribution in [0.15, 0.2) is 24.3 Å². The molecule has 0 aromatic heterocycles. The summed E-state index contributed by atoms with van der Waals surface area (Å²) in [7, 11) is 1.62. The molecular formula is C18H26N4O3. The van der Waals surface area contributed by atoms with E-state index in [1.807, 2.05) is 12.1 Å². The van der Waals surface area contributed by atoms with E-state index in [4.69, 9.17) is 14.7 Å². The quantitative estimate of drug-likeness (QED) is 0.649. The van der Waals surface area contributed by atoms with Crippen molar-refractivity contribution in [2.75, 3.05) is 66.1 Å². The molecule has 1 aliphatic heterocycles. The lowest BCUT2D eigenvalue weighted by Gasteiger charge is -2.34. The van der Waals surface area contributed by atoms with Crippen molar-refractivity contribution >= 4 is 5.91 Å². The van der Waals surface area contributed by atoms with Gasteiger partial charge in [0.25, 0.3) is 0 Å². The number of amides is 1. The monoisotopic (exact) mass is 346 g/mol. The smallest absolute Gasteiger partial charge is 0.234 e. The van der Waals surface area contributed by atoms with Gasteiger partial charge in [0.05, 0.1) is 24.8 Å². The zero-order chi connectivity index (χ0) is 17.9. The Morgan fingerprint density at radius 1 is 1.24 bits per heavy atom. The van der Waals surface area contributed by atoms with E-state index in [-0.39, 0.29) is 5.91 Å². The minimum atomic E-state index is 0.0474. The summed E-state index contributed by atoms with van der Waals surface area (Å²) in [5.41, 5.74) is 0.606. The van der Waals surface area contributed by atoms with Crippen LogP contribution in [-0.2, 0) is 9.53 Å². The van der Waals surface area contributed by atoms with Gasteiger partial charge in [-0.3, -0.25) is 14.6 Å². The molecule has 25 heavy (non-hydrogen) atoms. The number of piperazine rings is 1. The van der Waals surface area contributed by atoms with Crippen molar-refractivity contribution in [1.82, 2.24) is 15.1 Å². The number of nitriles is 1. The van der Waals surface area contributed by atoms with Crippen LogP contribution in [-0.4, -0.2) is 81.8 Å². The molecule has 1 N–H and O–H groups in total. The lowest BCUT2D eigenvalue weighted by Crippen LogP contribution is -2.50. The topological polar surface area (TPSA) is 77.8 Å². The summed E-state index contributed by atoms with van der Waals surface area (Å²) in [4.78, 5) is 16.3. The Hall–Kier alpha value is -2.14. The Labute approximate surface area is 149 Å². The molecule has 0 unspecified atom stereocenters. The summed E-state index contributed by atoms with van der Waals surface area (Å²) >= 11 is 0. The molecule has 1 aromatic rings. The molecule has 136 valence electrons. The van der Waals surface area contributed by atoms with Crippen LogP contribution in [0.1, 0.15) is 5.56 Å². The second-order valence-corrected chi connectivity index (χ2v) is 5.95. The molecule has 7 nitrogen and oxygen atoms in total. The molecule has 7 heteroatoms. The Morgan fingerprint density at radius 2 is 2.00 bits per heavy atom. The molecule has 1 fully saturated rings. The predicted molar refractivity (Wildman–Crippen MR) is 94.4 cm³/mol. The first kappa shape index (κ1) is 19.2. The van der Waals surface area contributed by atoms with E-state index >= 15 is 0 Å². The number of carbonyl (C=O) groups excluding carboxylic acids is 1. The first-order chi connectivity index (χ1) is 12.2. The molecule has 1 saturated heterocycles. The maximum atomic E-state index is 11.8. The molecule has 0 spiro atoms. The highest BCUT2D eigenvalue weighted by molar-refractivity contribution is 5.77. The van der Waals surface area contributed by atoms with Crippen molar-refractivity contribution in [2.45, 2.75) is 0 Å². The molecule has 0 radical (unpaired) electrons. The molecule has 2 rings (SSSR count).